The molecule has 0 heterocycles. The van der Waals surface area contributed by atoms with Gasteiger partial charge in [0, 0.05) is 38.4 Å². The topological polar surface area (TPSA) is 55.8 Å². The minimum absolute atomic E-state index is 0.150. The van der Waals surface area contributed by atoms with Crippen LogP contribution in [0.15, 0.2) is 24.3 Å². The van der Waals surface area contributed by atoms with E-state index < -0.39 is 5.97 Å². The van der Waals surface area contributed by atoms with E-state index in [9.17, 15) is 4.79 Å². The normalized spacial score (nSPS) is 20.7. The average Bonchev–Trinajstić information content (AvgIpc) is 2.44. The molecule has 0 bridgehead atoms. The average molecular weight is 305 g/mol. The number of carbonyl (C=O) groups is 1. The molecular weight excluding hydrogens is 278 g/mol. The fourth-order valence-corrected chi connectivity index (χ4v) is 3.08. The van der Waals surface area contributed by atoms with Crippen LogP contribution in [0.1, 0.15) is 25.3 Å². The maximum absolute atomic E-state index is 10.8. The first-order chi connectivity index (χ1) is 10.5. The van der Waals surface area contributed by atoms with Gasteiger partial charge in [-0.15, -0.1) is 0 Å². The first-order valence-corrected chi connectivity index (χ1v) is 7.95. The summed E-state index contributed by atoms with van der Waals surface area (Å²) >= 11 is 0. The highest BCUT2D eigenvalue weighted by atomic mass is 16.4. The van der Waals surface area contributed by atoms with E-state index in [0.717, 1.165) is 25.9 Å². The molecule has 2 rings (SSSR count). The van der Waals surface area contributed by atoms with E-state index in [4.69, 9.17) is 5.11 Å². The van der Waals surface area contributed by atoms with Crippen molar-refractivity contribution < 1.29 is 9.90 Å². The first-order valence-electron chi connectivity index (χ1n) is 7.95. The van der Waals surface area contributed by atoms with Crippen molar-refractivity contribution in [3.8, 4) is 0 Å². The van der Waals surface area contributed by atoms with Gasteiger partial charge in [-0.1, -0.05) is 25.1 Å². The number of para-hydroxylation sites is 1. The minimum Gasteiger partial charge on any atom is -0.480 e. The van der Waals surface area contributed by atoms with E-state index in [1.807, 2.05) is 11.8 Å². The van der Waals surface area contributed by atoms with E-state index in [-0.39, 0.29) is 6.54 Å². The molecule has 5 heteroatoms. The summed E-state index contributed by atoms with van der Waals surface area (Å²) in [6.45, 7) is 3.83. The zero-order chi connectivity index (χ0) is 16.1. The number of nitrogens with one attached hydrogen (secondary N) is 1. The van der Waals surface area contributed by atoms with Crippen LogP contribution in [-0.4, -0.2) is 55.2 Å². The molecule has 0 spiro atoms. The van der Waals surface area contributed by atoms with E-state index in [2.05, 4.69) is 48.6 Å². The van der Waals surface area contributed by atoms with Crippen LogP contribution in [0, 0.1) is 0 Å². The number of hydrogen-bond acceptors (Lipinski definition) is 4. The molecule has 0 unspecified atom stereocenters. The Labute approximate surface area is 132 Å². The molecule has 0 aromatic heterocycles. The van der Waals surface area contributed by atoms with Crippen molar-refractivity contribution in [3.63, 3.8) is 0 Å². The number of anilines is 1. The maximum Gasteiger partial charge on any atom is 0.317 e. The van der Waals surface area contributed by atoms with Crippen molar-refractivity contribution in [2.75, 3.05) is 32.1 Å². The zero-order valence-electron chi connectivity index (χ0n) is 13.7. The molecule has 22 heavy (non-hydrogen) atoms. The third kappa shape index (κ3) is 4.21. The molecule has 0 amide bonds. The molecule has 0 radical (unpaired) electrons. The van der Waals surface area contributed by atoms with Gasteiger partial charge in [-0.05, 0) is 31.0 Å². The van der Waals surface area contributed by atoms with Gasteiger partial charge in [0.2, 0.25) is 0 Å². The van der Waals surface area contributed by atoms with E-state index >= 15 is 0 Å². The highest BCUT2D eigenvalue weighted by molar-refractivity contribution is 5.69. The van der Waals surface area contributed by atoms with E-state index in [1.165, 1.54) is 11.3 Å². The summed E-state index contributed by atoms with van der Waals surface area (Å²) in [4.78, 5) is 15.0. The summed E-state index contributed by atoms with van der Waals surface area (Å²) < 4.78 is 0. The van der Waals surface area contributed by atoms with Crippen molar-refractivity contribution in [3.05, 3.63) is 29.8 Å². The van der Waals surface area contributed by atoms with Gasteiger partial charge in [0.15, 0.2) is 0 Å². The van der Waals surface area contributed by atoms with Crippen molar-refractivity contribution in [1.29, 1.82) is 0 Å². The third-order valence-electron chi connectivity index (χ3n) is 4.43. The molecular formula is C17H27N3O2. The molecule has 1 fully saturated rings. The van der Waals surface area contributed by atoms with Gasteiger partial charge in [0.25, 0.3) is 0 Å². The Hall–Kier alpha value is -1.59. The molecule has 0 saturated heterocycles. The van der Waals surface area contributed by atoms with Gasteiger partial charge in [-0.25, -0.2) is 0 Å². The van der Waals surface area contributed by atoms with Gasteiger partial charge in [0.1, 0.15) is 0 Å². The lowest BCUT2D eigenvalue weighted by atomic mass is 9.85. The fraction of sp³-hybridized carbons (Fsp3) is 0.588. The second-order valence-electron chi connectivity index (χ2n) is 6.18. The summed E-state index contributed by atoms with van der Waals surface area (Å²) in [5, 5.41) is 12.5. The zero-order valence-corrected chi connectivity index (χ0v) is 13.7. The second kappa shape index (κ2) is 7.61. The lowest BCUT2D eigenvalue weighted by Crippen LogP contribution is -2.53. The van der Waals surface area contributed by atoms with Crippen molar-refractivity contribution in [1.82, 2.24) is 10.2 Å². The predicted octanol–water partition coefficient (Wildman–Crippen LogP) is 1.78. The Morgan fingerprint density at radius 1 is 1.32 bits per heavy atom. The van der Waals surface area contributed by atoms with Crippen LogP contribution in [0.2, 0.25) is 0 Å². The van der Waals surface area contributed by atoms with Crippen LogP contribution >= 0.6 is 0 Å². The SMILES string of the molecule is CCN(CC(=O)O)C1CC(NCc2ccccc2N(C)C)C1. The Morgan fingerprint density at radius 3 is 2.59 bits per heavy atom. The largest absolute Gasteiger partial charge is 0.480 e. The fourth-order valence-electron chi connectivity index (χ4n) is 3.08. The Morgan fingerprint density at radius 2 is 2.00 bits per heavy atom. The number of carboxylic acid groups (broad SMARTS) is 1. The molecule has 5 nitrogen and oxygen atoms in total. The Kier molecular flexibility index (Phi) is 5.80. The van der Waals surface area contributed by atoms with Crippen LogP contribution in [0.3, 0.4) is 0 Å². The second-order valence-corrected chi connectivity index (χ2v) is 6.18. The van der Waals surface area contributed by atoms with Gasteiger partial charge in [-0.3, -0.25) is 9.69 Å². The number of rotatable bonds is 8. The summed E-state index contributed by atoms with van der Waals surface area (Å²) in [5.41, 5.74) is 2.54. The van der Waals surface area contributed by atoms with Crippen LogP contribution in [-0.2, 0) is 11.3 Å². The number of nitrogens with zero attached hydrogens (tertiary/aromatic N) is 2. The molecule has 1 aliphatic rings. The van der Waals surface area contributed by atoms with Crippen LogP contribution in [0.4, 0.5) is 5.69 Å². The van der Waals surface area contributed by atoms with E-state index in [1.54, 1.807) is 0 Å². The maximum atomic E-state index is 10.8. The van der Waals surface area contributed by atoms with Crippen LogP contribution in [0.5, 0.6) is 0 Å². The summed E-state index contributed by atoms with van der Waals surface area (Å²) in [6.07, 6.45) is 2.07. The molecule has 2 N–H and O–H groups in total. The first kappa shape index (κ1) is 16.8. The van der Waals surface area contributed by atoms with Gasteiger partial charge < -0.3 is 15.3 Å². The molecule has 1 aromatic carbocycles. The van der Waals surface area contributed by atoms with E-state index in [0.29, 0.717) is 12.1 Å². The molecule has 0 aliphatic heterocycles. The smallest absolute Gasteiger partial charge is 0.317 e. The van der Waals surface area contributed by atoms with Crippen LogP contribution in [0.25, 0.3) is 0 Å². The van der Waals surface area contributed by atoms with Crippen molar-refractivity contribution in [2.24, 2.45) is 0 Å². The summed E-state index contributed by atoms with van der Waals surface area (Å²) in [6, 6.07) is 9.31. The predicted molar refractivity (Wildman–Crippen MR) is 89.3 cm³/mol. The summed E-state index contributed by atoms with van der Waals surface area (Å²) in [7, 11) is 4.12. The Balaban J connectivity index is 1.80. The third-order valence-corrected chi connectivity index (χ3v) is 4.43. The monoisotopic (exact) mass is 305 g/mol. The van der Waals surface area contributed by atoms with Crippen molar-refractivity contribution in [2.45, 2.75) is 38.4 Å². The number of aliphatic carboxylic acids is 1. The number of hydrogen-bond donors (Lipinski definition) is 2. The number of carboxylic acids is 1. The highest BCUT2D eigenvalue weighted by Crippen LogP contribution is 2.26. The lowest BCUT2D eigenvalue weighted by Gasteiger charge is -2.42. The summed E-state index contributed by atoms with van der Waals surface area (Å²) in [5.74, 6) is -0.738. The van der Waals surface area contributed by atoms with Crippen LogP contribution < -0.4 is 10.2 Å². The lowest BCUT2D eigenvalue weighted by molar-refractivity contribution is -0.139. The molecule has 1 aliphatic carbocycles. The Bertz CT molecular complexity index is 498. The molecule has 0 atom stereocenters. The molecule has 122 valence electrons. The van der Waals surface area contributed by atoms with Gasteiger partial charge in [0.05, 0.1) is 6.54 Å². The molecule has 1 saturated carbocycles. The molecule has 1 aromatic rings. The standard InChI is InChI=1S/C17H27N3O2/c1-4-20(12-17(21)22)15-9-14(10-15)18-11-13-7-5-6-8-16(13)19(2)3/h5-8,14-15,18H,4,9-12H2,1-3H3,(H,21,22). The quantitative estimate of drug-likeness (QED) is 0.767. The van der Waals surface area contributed by atoms with Gasteiger partial charge in [-0.2, -0.15) is 0 Å². The van der Waals surface area contributed by atoms with Crippen molar-refractivity contribution >= 4 is 11.7 Å². The highest BCUT2D eigenvalue weighted by Gasteiger charge is 2.33. The number of benzene rings is 1. The number of likely N-dealkylation sites (N-methyl/N-ethyl adjacent to an activating group) is 1. The van der Waals surface area contributed by atoms with Gasteiger partial charge >= 0.3 is 5.97 Å². The minimum atomic E-state index is -0.738.